The molecule has 0 bridgehead atoms. The van der Waals surface area contributed by atoms with E-state index in [0.29, 0.717) is 11.3 Å². The lowest BCUT2D eigenvalue weighted by Crippen LogP contribution is -2.11. The molecule has 0 saturated heterocycles. The Balaban J connectivity index is 1.96. The van der Waals surface area contributed by atoms with E-state index >= 15 is 0 Å². The molecule has 22 heavy (non-hydrogen) atoms. The normalized spacial score (nSPS) is 11.7. The third-order valence-electron chi connectivity index (χ3n) is 3.17. The minimum Gasteiger partial charge on any atom is -0.508 e. The molecule has 1 atom stereocenters. The molecule has 0 aliphatic heterocycles. The van der Waals surface area contributed by atoms with E-state index in [4.69, 9.17) is 9.47 Å². The van der Waals surface area contributed by atoms with Crippen LogP contribution in [0.1, 0.15) is 37.0 Å². The quantitative estimate of drug-likeness (QED) is 0.642. The van der Waals surface area contributed by atoms with Crippen LogP contribution in [0.2, 0.25) is 0 Å². The van der Waals surface area contributed by atoms with Crippen molar-refractivity contribution in [2.24, 2.45) is 0 Å². The summed E-state index contributed by atoms with van der Waals surface area (Å²) in [6.45, 7) is 4.15. The van der Waals surface area contributed by atoms with Gasteiger partial charge in [-0.1, -0.05) is 13.3 Å². The zero-order valence-corrected chi connectivity index (χ0v) is 12.8. The van der Waals surface area contributed by atoms with Crippen molar-refractivity contribution in [3.8, 4) is 17.2 Å². The average Bonchev–Trinajstić information content (AvgIpc) is 2.50. The third kappa shape index (κ3) is 4.52. The molecule has 116 valence electrons. The number of hydrogen-bond donors (Lipinski definition) is 1. The van der Waals surface area contributed by atoms with Crippen LogP contribution in [0, 0.1) is 0 Å². The van der Waals surface area contributed by atoms with Crippen molar-refractivity contribution in [3.05, 3.63) is 54.1 Å². The van der Waals surface area contributed by atoms with Gasteiger partial charge in [0.1, 0.15) is 17.2 Å². The Kier molecular flexibility index (Phi) is 5.42. The average molecular weight is 300 g/mol. The van der Waals surface area contributed by atoms with Crippen LogP contribution in [0.25, 0.3) is 0 Å². The van der Waals surface area contributed by atoms with Crippen molar-refractivity contribution in [1.82, 2.24) is 0 Å². The molecule has 0 radical (unpaired) electrons. The number of carbonyl (C=O) groups is 1. The Bertz CT molecular complexity index is 602. The number of esters is 1. The summed E-state index contributed by atoms with van der Waals surface area (Å²) in [5.41, 5.74) is 0.384. The van der Waals surface area contributed by atoms with Crippen molar-refractivity contribution in [3.63, 3.8) is 0 Å². The van der Waals surface area contributed by atoms with Crippen LogP contribution in [0.15, 0.2) is 48.5 Å². The van der Waals surface area contributed by atoms with Gasteiger partial charge >= 0.3 is 5.97 Å². The molecule has 2 aromatic carbocycles. The molecule has 0 saturated carbocycles. The maximum absolute atomic E-state index is 11.9. The fourth-order valence-electron chi connectivity index (χ4n) is 2.05. The molecule has 2 aromatic rings. The Morgan fingerprint density at radius 2 is 1.64 bits per heavy atom. The Labute approximate surface area is 130 Å². The summed E-state index contributed by atoms with van der Waals surface area (Å²) in [4.78, 5) is 11.9. The van der Waals surface area contributed by atoms with Gasteiger partial charge in [-0.05, 0) is 61.9 Å². The fourth-order valence-corrected chi connectivity index (χ4v) is 2.05. The predicted octanol–water partition coefficient (Wildman–Crippen LogP) is 4.18. The Morgan fingerprint density at radius 1 is 1.05 bits per heavy atom. The fraction of sp³-hybridized carbons (Fsp3) is 0.278. The molecule has 0 heterocycles. The van der Waals surface area contributed by atoms with Crippen LogP contribution in [0.5, 0.6) is 17.2 Å². The largest absolute Gasteiger partial charge is 0.508 e. The SMILES string of the molecule is CCC[C@H](C)Oc1ccc(OC(=O)c2ccc(O)cc2)cc1. The summed E-state index contributed by atoms with van der Waals surface area (Å²) in [5.74, 6) is 0.853. The van der Waals surface area contributed by atoms with E-state index in [1.807, 2.05) is 6.92 Å². The lowest BCUT2D eigenvalue weighted by atomic mass is 10.2. The molecular formula is C18H20O4. The van der Waals surface area contributed by atoms with Crippen molar-refractivity contribution in [1.29, 1.82) is 0 Å². The van der Waals surface area contributed by atoms with E-state index in [1.54, 1.807) is 24.3 Å². The highest BCUT2D eigenvalue weighted by Crippen LogP contribution is 2.21. The van der Waals surface area contributed by atoms with Crippen molar-refractivity contribution < 1.29 is 19.4 Å². The number of hydrogen-bond acceptors (Lipinski definition) is 4. The van der Waals surface area contributed by atoms with E-state index in [-0.39, 0.29) is 11.9 Å². The molecule has 0 unspecified atom stereocenters. The molecule has 4 nitrogen and oxygen atoms in total. The zero-order chi connectivity index (χ0) is 15.9. The van der Waals surface area contributed by atoms with Gasteiger partial charge in [0.2, 0.25) is 0 Å². The molecule has 1 N–H and O–H groups in total. The summed E-state index contributed by atoms with van der Waals surface area (Å²) in [5, 5.41) is 9.20. The number of ether oxygens (including phenoxy) is 2. The van der Waals surface area contributed by atoms with E-state index in [1.165, 1.54) is 24.3 Å². The summed E-state index contributed by atoms with van der Waals surface area (Å²) in [6.07, 6.45) is 2.23. The first kappa shape index (κ1) is 15.9. The van der Waals surface area contributed by atoms with Crippen molar-refractivity contribution in [2.45, 2.75) is 32.8 Å². The van der Waals surface area contributed by atoms with Gasteiger partial charge in [0.15, 0.2) is 0 Å². The van der Waals surface area contributed by atoms with E-state index in [2.05, 4.69) is 6.92 Å². The van der Waals surface area contributed by atoms with Crippen molar-refractivity contribution in [2.75, 3.05) is 0 Å². The summed E-state index contributed by atoms with van der Waals surface area (Å²) in [7, 11) is 0. The van der Waals surface area contributed by atoms with Crippen LogP contribution in [0.4, 0.5) is 0 Å². The second-order valence-electron chi connectivity index (χ2n) is 5.12. The molecular weight excluding hydrogens is 280 g/mol. The van der Waals surface area contributed by atoms with Gasteiger partial charge in [-0.15, -0.1) is 0 Å². The van der Waals surface area contributed by atoms with Crippen LogP contribution in [-0.2, 0) is 0 Å². The second kappa shape index (κ2) is 7.50. The van der Waals surface area contributed by atoms with Crippen molar-refractivity contribution >= 4 is 5.97 Å². The van der Waals surface area contributed by atoms with E-state index in [0.717, 1.165) is 18.6 Å². The minimum absolute atomic E-state index is 0.110. The Hall–Kier alpha value is -2.49. The van der Waals surface area contributed by atoms with Gasteiger partial charge in [0, 0.05) is 0 Å². The van der Waals surface area contributed by atoms with Gasteiger partial charge in [0.05, 0.1) is 11.7 Å². The van der Waals surface area contributed by atoms with Gasteiger partial charge in [-0.2, -0.15) is 0 Å². The minimum atomic E-state index is -0.465. The highest BCUT2D eigenvalue weighted by atomic mass is 16.5. The van der Waals surface area contributed by atoms with Crippen LogP contribution < -0.4 is 9.47 Å². The first-order valence-corrected chi connectivity index (χ1v) is 7.36. The predicted molar refractivity (Wildman–Crippen MR) is 84.5 cm³/mol. The second-order valence-corrected chi connectivity index (χ2v) is 5.12. The highest BCUT2D eigenvalue weighted by molar-refractivity contribution is 5.91. The maximum Gasteiger partial charge on any atom is 0.343 e. The molecule has 0 aliphatic rings. The Morgan fingerprint density at radius 3 is 2.23 bits per heavy atom. The van der Waals surface area contributed by atoms with Gasteiger partial charge in [-0.25, -0.2) is 4.79 Å². The first-order valence-electron chi connectivity index (χ1n) is 7.36. The molecule has 0 amide bonds. The van der Waals surface area contributed by atoms with Crippen LogP contribution in [0.3, 0.4) is 0 Å². The van der Waals surface area contributed by atoms with Crippen LogP contribution in [-0.4, -0.2) is 17.2 Å². The topological polar surface area (TPSA) is 55.8 Å². The number of phenolic OH excluding ortho intramolecular Hbond substituents is 1. The molecule has 2 rings (SSSR count). The molecule has 0 aliphatic carbocycles. The van der Waals surface area contributed by atoms with E-state index < -0.39 is 5.97 Å². The molecule has 4 heteroatoms. The number of aromatic hydroxyl groups is 1. The molecule has 0 spiro atoms. The lowest BCUT2D eigenvalue weighted by molar-refractivity contribution is 0.0734. The maximum atomic E-state index is 11.9. The first-order chi connectivity index (χ1) is 10.6. The number of benzene rings is 2. The van der Waals surface area contributed by atoms with Crippen LogP contribution >= 0.6 is 0 Å². The number of rotatable bonds is 6. The zero-order valence-electron chi connectivity index (χ0n) is 12.8. The number of phenols is 1. The van der Waals surface area contributed by atoms with Gasteiger partial charge in [-0.3, -0.25) is 0 Å². The molecule has 0 fully saturated rings. The summed E-state index contributed by atoms with van der Waals surface area (Å²) in [6, 6.07) is 12.9. The number of carbonyl (C=O) groups excluding carboxylic acids is 1. The summed E-state index contributed by atoms with van der Waals surface area (Å²) < 4.78 is 11.0. The molecule has 0 aromatic heterocycles. The highest BCUT2D eigenvalue weighted by Gasteiger charge is 2.09. The smallest absolute Gasteiger partial charge is 0.343 e. The van der Waals surface area contributed by atoms with Gasteiger partial charge in [0.25, 0.3) is 0 Å². The lowest BCUT2D eigenvalue weighted by Gasteiger charge is -2.14. The third-order valence-corrected chi connectivity index (χ3v) is 3.17. The van der Waals surface area contributed by atoms with Gasteiger partial charge < -0.3 is 14.6 Å². The van der Waals surface area contributed by atoms with E-state index in [9.17, 15) is 9.90 Å². The summed E-state index contributed by atoms with van der Waals surface area (Å²) >= 11 is 0. The monoisotopic (exact) mass is 300 g/mol. The standard InChI is InChI=1S/C18H20O4/c1-3-4-13(2)21-16-9-11-17(12-10-16)22-18(20)14-5-7-15(19)8-6-14/h5-13,19H,3-4H2,1-2H3/t13-/m0/s1.